The van der Waals surface area contributed by atoms with E-state index in [2.05, 4.69) is 5.32 Å². The molecule has 24 heavy (non-hydrogen) atoms. The molecule has 6 nitrogen and oxygen atoms in total. The van der Waals surface area contributed by atoms with Gasteiger partial charge in [-0.2, -0.15) is 0 Å². The number of anilines is 2. The maximum atomic E-state index is 11.5. The quantitative estimate of drug-likeness (QED) is 0.640. The molecule has 3 rings (SSSR count). The molecule has 1 aliphatic carbocycles. The number of ether oxygens (including phenoxy) is 3. The summed E-state index contributed by atoms with van der Waals surface area (Å²) in [6, 6.07) is 0. The predicted molar refractivity (Wildman–Crippen MR) is 94.0 cm³/mol. The Morgan fingerprint density at radius 1 is 1.46 bits per heavy atom. The molecule has 0 unspecified atom stereocenters. The van der Waals surface area contributed by atoms with Crippen LogP contribution in [0.5, 0.6) is 0 Å². The zero-order chi connectivity index (χ0) is 17.2. The van der Waals surface area contributed by atoms with Crippen LogP contribution < -0.4 is 11.1 Å². The number of nitrogens with two attached hydrogens (primary N) is 1. The second kappa shape index (κ2) is 7.13. The number of rotatable bonds is 4. The van der Waals surface area contributed by atoms with Gasteiger partial charge in [0.1, 0.15) is 5.00 Å². The van der Waals surface area contributed by atoms with Gasteiger partial charge < -0.3 is 25.3 Å². The molecule has 0 bridgehead atoms. The van der Waals surface area contributed by atoms with E-state index in [-0.39, 0.29) is 5.97 Å². The first-order valence-corrected chi connectivity index (χ1v) is 9.14. The van der Waals surface area contributed by atoms with Gasteiger partial charge in [-0.15, -0.1) is 11.3 Å². The van der Waals surface area contributed by atoms with Gasteiger partial charge in [0.05, 0.1) is 25.5 Å². The predicted octanol–water partition coefficient (Wildman–Crippen LogP) is 2.83. The summed E-state index contributed by atoms with van der Waals surface area (Å²) in [6.45, 7) is 5.47. The summed E-state index contributed by atoms with van der Waals surface area (Å²) < 4.78 is 16.8. The first-order chi connectivity index (χ1) is 11.5. The fourth-order valence-electron chi connectivity index (χ4n) is 3.12. The molecule has 1 fully saturated rings. The molecule has 1 aliphatic heterocycles. The maximum absolute atomic E-state index is 11.5. The zero-order valence-electron chi connectivity index (χ0n) is 14.1. The third-order valence-electron chi connectivity index (χ3n) is 4.27. The standard InChI is InChI=1S/C17H24N2O4S/c1-3-21-14(20)9-11(2)19-16-15(18)12-5-6-17(10-13(12)24-16)22-7-4-8-23-17/h9,19H,3-8,10,18H2,1-2H3/b11-9+. The average molecular weight is 352 g/mol. The van der Waals surface area contributed by atoms with Crippen molar-refractivity contribution >= 4 is 28.0 Å². The highest BCUT2D eigenvalue weighted by molar-refractivity contribution is 7.17. The summed E-state index contributed by atoms with van der Waals surface area (Å²) in [5.41, 5.74) is 8.95. The first-order valence-electron chi connectivity index (χ1n) is 8.33. The van der Waals surface area contributed by atoms with Gasteiger partial charge in [-0.25, -0.2) is 4.79 Å². The van der Waals surface area contributed by atoms with Crippen molar-refractivity contribution in [3.63, 3.8) is 0 Å². The van der Waals surface area contributed by atoms with Crippen molar-refractivity contribution in [1.29, 1.82) is 0 Å². The van der Waals surface area contributed by atoms with E-state index in [0.717, 1.165) is 49.6 Å². The Bertz CT molecular complexity index is 647. The van der Waals surface area contributed by atoms with Crippen molar-refractivity contribution in [3.8, 4) is 0 Å². The molecule has 0 amide bonds. The largest absolute Gasteiger partial charge is 0.463 e. The third-order valence-corrected chi connectivity index (χ3v) is 5.43. The molecule has 0 aromatic carbocycles. The summed E-state index contributed by atoms with van der Waals surface area (Å²) in [5, 5.41) is 4.09. The highest BCUT2D eigenvalue weighted by atomic mass is 32.1. The van der Waals surface area contributed by atoms with Crippen molar-refractivity contribution in [3.05, 3.63) is 22.2 Å². The van der Waals surface area contributed by atoms with E-state index in [1.807, 2.05) is 6.92 Å². The number of thiophene rings is 1. The Morgan fingerprint density at radius 3 is 2.92 bits per heavy atom. The molecule has 2 aliphatic rings. The van der Waals surface area contributed by atoms with Crippen molar-refractivity contribution in [2.75, 3.05) is 30.9 Å². The molecule has 1 aromatic heterocycles. The van der Waals surface area contributed by atoms with Crippen LogP contribution in [-0.4, -0.2) is 31.6 Å². The number of fused-ring (bicyclic) bond motifs is 1. The molecular weight excluding hydrogens is 328 g/mol. The fraction of sp³-hybridized carbons (Fsp3) is 0.588. The van der Waals surface area contributed by atoms with Gasteiger partial charge >= 0.3 is 5.97 Å². The third kappa shape index (κ3) is 3.58. The van der Waals surface area contributed by atoms with Gasteiger partial charge in [-0.3, -0.25) is 0 Å². The molecule has 132 valence electrons. The van der Waals surface area contributed by atoms with Crippen LogP contribution in [0.1, 0.15) is 37.1 Å². The number of hydrogen-bond donors (Lipinski definition) is 2. The highest BCUT2D eigenvalue weighted by Crippen LogP contribution is 2.45. The minimum absolute atomic E-state index is 0.356. The van der Waals surface area contributed by atoms with Crippen LogP contribution in [0, 0.1) is 0 Å². The molecule has 1 aromatic rings. The van der Waals surface area contributed by atoms with Gasteiger partial charge in [0.2, 0.25) is 0 Å². The molecule has 0 radical (unpaired) electrons. The number of nitrogen functional groups attached to an aromatic ring is 1. The highest BCUT2D eigenvalue weighted by Gasteiger charge is 2.40. The smallest absolute Gasteiger partial charge is 0.332 e. The van der Waals surface area contributed by atoms with Gasteiger partial charge in [0, 0.05) is 29.5 Å². The number of nitrogens with one attached hydrogen (secondary N) is 1. The number of allylic oxidation sites excluding steroid dienone is 1. The minimum Gasteiger partial charge on any atom is -0.463 e. The monoisotopic (exact) mass is 352 g/mol. The average Bonchev–Trinajstić information content (AvgIpc) is 2.83. The van der Waals surface area contributed by atoms with E-state index < -0.39 is 5.79 Å². The van der Waals surface area contributed by atoms with Crippen molar-refractivity contribution < 1.29 is 19.0 Å². The van der Waals surface area contributed by atoms with Crippen LogP contribution in [0.3, 0.4) is 0 Å². The molecule has 3 N–H and O–H groups in total. The van der Waals surface area contributed by atoms with Gasteiger partial charge in [-0.05, 0) is 32.3 Å². The van der Waals surface area contributed by atoms with Crippen LogP contribution in [0.4, 0.5) is 10.7 Å². The number of hydrogen-bond acceptors (Lipinski definition) is 7. The molecule has 7 heteroatoms. The van der Waals surface area contributed by atoms with Gasteiger partial charge in [0.25, 0.3) is 0 Å². The summed E-state index contributed by atoms with van der Waals surface area (Å²) in [5.74, 6) is -0.833. The SMILES string of the molecule is CCOC(=O)/C=C(\C)Nc1sc2c(c1N)CCC1(C2)OCCCO1. The second-order valence-electron chi connectivity index (χ2n) is 6.09. The Labute approximate surface area is 146 Å². The fourth-order valence-corrected chi connectivity index (χ4v) is 4.44. The summed E-state index contributed by atoms with van der Waals surface area (Å²) in [7, 11) is 0. The Kier molecular flexibility index (Phi) is 5.12. The summed E-state index contributed by atoms with van der Waals surface area (Å²) in [4.78, 5) is 12.7. The van der Waals surface area contributed by atoms with Crippen LogP contribution in [0.15, 0.2) is 11.8 Å². The molecule has 1 spiro atoms. The summed E-state index contributed by atoms with van der Waals surface area (Å²) in [6.07, 6.45) is 4.81. The Morgan fingerprint density at radius 2 is 2.21 bits per heavy atom. The van der Waals surface area contributed by atoms with Gasteiger partial charge in [0.15, 0.2) is 5.79 Å². The lowest BCUT2D eigenvalue weighted by atomic mass is 9.92. The second-order valence-corrected chi connectivity index (χ2v) is 7.19. The van der Waals surface area contributed by atoms with E-state index >= 15 is 0 Å². The van der Waals surface area contributed by atoms with Crippen LogP contribution >= 0.6 is 11.3 Å². The van der Waals surface area contributed by atoms with E-state index in [9.17, 15) is 4.79 Å². The lowest BCUT2D eigenvalue weighted by Crippen LogP contribution is -2.44. The van der Waals surface area contributed by atoms with Crippen molar-refractivity contribution in [2.45, 2.75) is 45.3 Å². The number of carbonyl (C=O) groups excluding carboxylic acids is 1. The van der Waals surface area contributed by atoms with Gasteiger partial charge in [-0.1, -0.05) is 0 Å². The van der Waals surface area contributed by atoms with Crippen LogP contribution in [-0.2, 0) is 31.8 Å². The van der Waals surface area contributed by atoms with E-state index in [1.165, 1.54) is 16.5 Å². The topological polar surface area (TPSA) is 82.8 Å². The number of carbonyl (C=O) groups is 1. The molecule has 2 heterocycles. The maximum Gasteiger partial charge on any atom is 0.332 e. The van der Waals surface area contributed by atoms with E-state index in [1.54, 1.807) is 18.3 Å². The molecule has 1 saturated heterocycles. The Balaban J connectivity index is 1.75. The Hall–Kier alpha value is -1.57. The van der Waals surface area contributed by atoms with Crippen molar-refractivity contribution in [2.24, 2.45) is 0 Å². The minimum atomic E-state index is -0.477. The van der Waals surface area contributed by atoms with Crippen LogP contribution in [0.2, 0.25) is 0 Å². The number of esters is 1. The first kappa shape index (κ1) is 17.3. The zero-order valence-corrected chi connectivity index (χ0v) is 15.0. The van der Waals surface area contributed by atoms with E-state index in [0.29, 0.717) is 12.3 Å². The lowest BCUT2D eigenvalue weighted by molar-refractivity contribution is -0.270. The molecular formula is C17H24N2O4S. The van der Waals surface area contributed by atoms with Crippen molar-refractivity contribution in [1.82, 2.24) is 0 Å². The van der Waals surface area contributed by atoms with Crippen LogP contribution in [0.25, 0.3) is 0 Å². The van der Waals surface area contributed by atoms with E-state index in [4.69, 9.17) is 19.9 Å². The molecule has 0 atom stereocenters. The molecule has 0 saturated carbocycles. The normalized spacial score (nSPS) is 19.8. The lowest BCUT2D eigenvalue weighted by Gasteiger charge is -2.39. The summed E-state index contributed by atoms with van der Waals surface area (Å²) >= 11 is 1.61.